The van der Waals surface area contributed by atoms with E-state index in [1.807, 2.05) is 57.2 Å². The molecule has 3 aromatic heterocycles. The monoisotopic (exact) mass is 385 g/mol. The Labute approximate surface area is 168 Å². The number of hydrogen-bond donors (Lipinski definition) is 2. The number of para-hydroxylation sites is 3. The summed E-state index contributed by atoms with van der Waals surface area (Å²) in [7, 11) is 0. The summed E-state index contributed by atoms with van der Waals surface area (Å²) in [4.78, 5) is 21.0. The predicted molar refractivity (Wildman–Crippen MR) is 116 cm³/mol. The lowest BCUT2D eigenvalue weighted by molar-refractivity contribution is 0.911. The minimum atomic E-state index is 0.522. The van der Waals surface area contributed by atoms with E-state index in [9.17, 15) is 0 Å². The average Bonchev–Trinajstić information content (AvgIpc) is 3.34. The summed E-state index contributed by atoms with van der Waals surface area (Å²) in [5.41, 5.74) is 4.57. The van der Waals surface area contributed by atoms with Crippen molar-refractivity contribution < 1.29 is 0 Å². The first-order chi connectivity index (χ1) is 14.3. The van der Waals surface area contributed by atoms with Crippen LogP contribution in [0.4, 0.5) is 5.82 Å². The van der Waals surface area contributed by atoms with Crippen molar-refractivity contribution in [2.24, 2.45) is 0 Å². The van der Waals surface area contributed by atoms with E-state index >= 15 is 0 Å². The zero-order valence-corrected chi connectivity index (χ0v) is 16.7. The van der Waals surface area contributed by atoms with Crippen LogP contribution in [-0.2, 0) is 6.54 Å². The normalized spacial score (nSPS) is 10.7. The molecule has 2 N–H and O–H groups in total. The third-order valence-corrected chi connectivity index (χ3v) is 4.47. The molecule has 3 heterocycles. The summed E-state index contributed by atoms with van der Waals surface area (Å²) in [5, 5.41) is 3.38. The fraction of sp³-hybridized carbons (Fsp3) is 0.182. The number of H-pyrrole nitrogens is 1. The van der Waals surface area contributed by atoms with Gasteiger partial charge in [0.25, 0.3) is 0 Å². The topological polar surface area (TPSA) is 84.3 Å². The van der Waals surface area contributed by atoms with Crippen LogP contribution in [0.5, 0.6) is 0 Å². The second kappa shape index (κ2) is 8.10. The van der Waals surface area contributed by atoms with Gasteiger partial charge in [0.2, 0.25) is 0 Å². The number of benzene rings is 2. The van der Waals surface area contributed by atoms with Crippen molar-refractivity contribution in [1.29, 1.82) is 0 Å². The van der Waals surface area contributed by atoms with Crippen molar-refractivity contribution in [3.05, 3.63) is 72.6 Å². The molecule has 0 radical (unpaired) electrons. The van der Waals surface area contributed by atoms with Gasteiger partial charge in [-0.1, -0.05) is 44.2 Å². The van der Waals surface area contributed by atoms with Crippen LogP contribution in [0.25, 0.3) is 27.9 Å². The second-order valence-electron chi connectivity index (χ2n) is 6.28. The molecule has 0 saturated heterocycles. The number of anilines is 1. The maximum absolute atomic E-state index is 4.82. The summed E-state index contributed by atoms with van der Waals surface area (Å²) >= 11 is 0. The second-order valence-corrected chi connectivity index (χ2v) is 6.28. The largest absolute Gasteiger partial charge is 0.361 e. The molecule has 2 aromatic carbocycles. The highest BCUT2D eigenvalue weighted by Gasteiger charge is 2.13. The van der Waals surface area contributed by atoms with Crippen molar-refractivity contribution in [3.8, 4) is 5.69 Å². The number of nitrogens with zero attached hydrogens (tertiary/aromatic N) is 5. The third kappa shape index (κ3) is 3.54. The quantitative estimate of drug-likeness (QED) is 0.471. The fourth-order valence-electron chi connectivity index (χ4n) is 3.30. The van der Waals surface area contributed by atoms with Gasteiger partial charge in [-0.2, -0.15) is 0 Å². The summed E-state index contributed by atoms with van der Waals surface area (Å²) in [6.45, 7) is 6.42. The number of hydrogen-bond acceptors (Lipinski definition) is 5. The van der Waals surface area contributed by atoms with Crippen molar-refractivity contribution in [3.63, 3.8) is 0 Å². The standard InChI is InChI=1S/C20H17N7.C2H6/c1-13-24-18-19(22-12-23-20(18)25-13)21-11-17-26-15-9-5-6-10-16(15)27(17)14-7-3-2-4-8-14;1-2/h2-10,12H,11H2,1H3,(H2,21,22,23,24,25);1-2H3. The molecule has 0 aliphatic carbocycles. The van der Waals surface area contributed by atoms with Crippen molar-refractivity contribution >= 4 is 28.0 Å². The maximum Gasteiger partial charge on any atom is 0.183 e. The van der Waals surface area contributed by atoms with Crippen LogP contribution in [0.2, 0.25) is 0 Å². The van der Waals surface area contributed by atoms with E-state index < -0.39 is 0 Å². The third-order valence-electron chi connectivity index (χ3n) is 4.47. The molecule has 0 atom stereocenters. The molecular weight excluding hydrogens is 362 g/mol. The summed E-state index contributed by atoms with van der Waals surface area (Å²) in [6.07, 6.45) is 1.52. The molecule has 0 unspecified atom stereocenters. The fourth-order valence-corrected chi connectivity index (χ4v) is 3.30. The number of aromatic amines is 1. The van der Waals surface area contributed by atoms with Crippen LogP contribution in [0, 0.1) is 6.92 Å². The highest BCUT2D eigenvalue weighted by atomic mass is 15.1. The van der Waals surface area contributed by atoms with Crippen LogP contribution < -0.4 is 5.32 Å². The molecule has 7 heteroatoms. The van der Waals surface area contributed by atoms with Gasteiger partial charge < -0.3 is 10.3 Å². The van der Waals surface area contributed by atoms with Gasteiger partial charge in [0.05, 0.1) is 17.6 Å². The highest BCUT2D eigenvalue weighted by molar-refractivity contribution is 5.82. The first-order valence-corrected chi connectivity index (χ1v) is 9.72. The molecule has 0 aliphatic heterocycles. The van der Waals surface area contributed by atoms with Gasteiger partial charge in [-0.15, -0.1) is 0 Å². The number of fused-ring (bicyclic) bond motifs is 2. The minimum absolute atomic E-state index is 0.522. The van der Waals surface area contributed by atoms with Crippen molar-refractivity contribution in [2.75, 3.05) is 5.32 Å². The van der Waals surface area contributed by atoms with Gasteiger partial charge in [0, 0.05) is 5.69 Å². The lowest BCUT2D eigenvalue weighted by atomic mass is 10.3. The van der Waals surface area contributed by atoms with Gasteiger partial charge in [0.15, 0.2) is 11.5 Å². The molecule has 5 rings (SSSR count). The Morgan fingerprint density at radius 1 is 0.931 bits per heavy atom. The Morgan fingerprint density at radius 2 is 1.69 bits per heavy atom. The van der Waals surface area contributed by atoms with E-state index in [-0.39, 0.29) is 0 Å². The zero-order valence-electron chi connectivity index (χ0n) is 16.7. The van der Waals surface area contributed by atoms with E-state index in [2.05, 4.69) is 48.0 Å². The molecular formula is C22H23N7. The zero-order chi connectivity index (χ0) is 20.2. The van der Waals surface area contributed by atoms with Gasteiger partial charge in [-0.25, -0.2) is 19.9 Å². The molecule has 0 spiro atoms. The molecule has 7 nitrogen and oxygen atoms in total. The van der Waals surface area contributed by atoms with Crippen molar-refractivity contribution in [1.82, 2.24) is 29.5 Å². The Morgan fingerprint density at radius 3 is 2.52 bits per heavy atom. The predicted octanol–water partition coefficient (Wildman–Crippen LogP) is 4.64. The minimum Gasteiger partial charge on any atom is -0.361 e. The Balaban J connectivity index is 0.000000994. The first-order valence-electron chi connectivity index (χ1n) is 9.72. The number of rotatable bonds is 4. The Bertz CT molecular complexity index is 1240. The number of aromatic nitrogens is 6. The molecule has 0 fully saturated rings. The van der Waals surface area contributed by atoms with E-state index in [4.69, 9.17) is 4.98 Å². The smallest absolute Gasteiger partial charge is 0.183 e. The van der Waals surface area contributed by atoms with E-state index in [1.165, 1.54) is 6.33 Å². The summed E-state index contributed by atoms with van der Waals surface area (Å²) in [5.74, 6) is 2.43. The Kier molecular flexibility index (Phi) is 5.20. The van der Waals surface area contributed by atoms with Gasteiger partial charge >= 0.3 is 0 Å². The Hall–Kier alpha value is -3.74. The van der Waals surface area contributed by atoms with E-state index in [1.54, 1.807) is 0 Å². The van der Waals surface area contributed by atoms with Crippen LogP contribution in [0.1, 0.15) is 25.5 Å². The number of imidazole rings is 2. The van der Waals surface area contributed by atoms with Crippen LogP contribution in [-0.4, -0.2) is 29.5 Å². The van der Waals surface area contributed by atoms with E-state index in [0.717, 1.165) is 33.9 Å². The highest BCUT2D eigenvalue weighted by Crippen LogP contribution is 2.23. The molecule has 0 bridgehead atoms. The maximum atomic E-state index is 4.82. The summed E-state index contributed by atoms with van der Waals surface area (Å²) < 4.78 is 2.17. The number of aryl methyl sites for hydroxylation is 1. The number of nitrogens with one attached hydrogen (secondary N) is 2. The van der Waals surface area contributed by atoms with Gasteiger partial charge in [-0.05, 0) is 31.2 Å². The molecule has 29 heavy (non-hydrogen) atoms. The van der Waals surface area contributed by atoms with E-state index in [0.29, 0.717) is 18.0 Å². The average molecular weight is 385 g/mol. The van der Waals surface area contributed by atoms with Crippen molar-refractivity contribution in [2.45, 2.75) is 27.3 Å². The van der Waals surface area contributed by atoms with Crippen LogP contribution in [0.15, 0.2) is 60.9 Å². The molecule has 146 valence electrons. The van der Waals surface area contributed by atoms with Gasteiger partial charge in [-0.3, -0.25) is 4.57 Å². The lowest BCUT2D eigenvalue weighted by Gasteiger charge is -2.10. The molecule has 5 aromatic rings. The van der Waals surface area contributed by atoms with Gasteiger partial charge in [0.1, 0.15) is 23.5 Å². The van der Waals surface area contributed by atoms with Crippen LogP contribution in [0.3, 0.4) is 0 Å². The van der Waals surface area contributed by atoms with Crippen LogP contribution >= 0.6 is 0 Å². The SMILES string of the molecule is CC.Cc1nc2ncnc(NCc3nc4ccccc4n3-c3ccccc3)c2[nH]1. The lowest BCUT2D eigenvalue weighted by Crippen LogP contribution is -2.09. The molecule has 0 aliphatic rings. The molecule has 0 saturated carbocycles. The first kappa shape index (κ1) is 18.6. The molecule has 0 amide bonds. The summed E-state index contributed by atoms with van der Waals surface area (Å²) in [6, 6.07) is 18.4.